The molecule has 0 spiro atoms. The smallest absolute Gasteiger partial charge is 0.308 e. The Bertz CT molecular complexity index is 419. The quantitative estimate of drug-likeness (QED) is 0.855. The summed E-state index contributed by atoms with van der Waals surface area (Å²) in [4.78, 5) is 1.69. The van der Waals surface area contributed by atoms with Gasteiger partial charge in [-0.3, -0.25) is 0 Å². The second-order valence-corrected chi connectivity index (χ2v) is 6.52. The fraction of sp³-hybridized carbons (Fsp3) is 0.625. The largest absolute Gasteiger partial charge is 0.390 e. The highest BCUT2D eigenvalue weighted by molar-refractivity contribution is 5.22. The highest BCUT2D eigenvalue weighted by Gasteiger charge is 2.26. The molecule has 2 nitrogen and oxygen atoms in total. The predicted octanol–water partition coefficient (Wildman–Crippen LogP) is 3.96. The van der Waals surface area contributed by atoms with E-state index >= 15 is 0 Å². The Kier molecular flexibility index (Phi) is 6.23. The average molecular weight is 302 g/mol. The van der Waals surface area contributed by atoms with Gasteiger partial charge in [-0.25, -0.2) is 0 Å². The van der Waals surface area contributed by atoms with Crippen molar-refractivity contribution in [3.63, 3.8) is 0 Å². The molecule has 0 heterocycles. The molecular weight excluding hydrogens is 277 g/mol. The average Bonchev–Trinajstić information content (AvgIpc) is 2.34. The van der Waals surface area contributed by atoms with Crippen molar-refractivity contribution in [3.05, 3.63) is 35.4 Å². The lowest BCUT2D eigenvalue weighted by Gasteiger charge is -2.21. The van der Waals surface area contributed by atoms with Gasteiger partial charge in [0.1, 0.15) is 0 Å². The Morgan fingerprint density at radius 3 is 2.00 bits per heavy atom. The summed E-state index contributed by atoms with van der Waals surface area (Å²) in [7, 11) is 1.71. The van der Waals surface area contributed by atoms with E-state index in [4.69, 9.17) is 0 Å². The lowest BCUT2D eigenvalue weighted by molar-refractivity contribution is -0.137. The van der Waals surface area contributed by atoms with Crippen LogP contribution in [0.5, 0.6) is 0 Å². The van der Waals surface area contributed by atoms with Gasteiger partial charge in [-0.2, -0.15) is 13.2 Å². The van der Waals surface area contributed by atoms with Gasteiger partial charge in [-0.1, -0.05) is 24.3 Å². The van der Waals surface area contributed by atoms with E-state index in [0.29, 0.717) is 6.54 Å². The topological polar surface area (TPSA) is 15.3 Å². The fourth-order valence-corrected chi connectivity index (χ4v) is 1.84. The lowest BCUT2D eigenvalue weighted by atomic mass is 10.1. The first kappa shape index (κ1) is 18.0. The van der Waals surface area contributed by atoms with Gasteiger partial charge >= 0.3 is 6.18 Å². The second-order valence-electron chi connectivity index (χ2n) is 6.52. The van der Waals surface area contributed by atoms with Crippen LogP contribution in [0.15, 0.2) is 24.3 Å². The zero-order valence-corrected chi connectivity index (χ0v) is 13.2. The molecule has 0 radical (unpaired) electrons. The monoisotopic (exact) mass is 302 g/mol. The molecule has 0 aromatic heterocycles. The van der Waals surface area contributed by atoms with Crippen LogP contribution in [0.1, 0.15) is 38.3 Å². The van der Waals surface area contributed by atoms with E-state index in [-0.39, 0.29) is 12.1 Å². The van der Waals surface area contributed by atoms with Gasteiger partial charge in [0.2, 0.25) is 0 Å². The molecule has 1 aromatic rings. The summed E-state index contributed by atoms with van der Waals surface area (Å²) < 4.78 is 36.5. The summed E-state index contributed by atoms with van der Waals surface area (Å²) >= 11 is 0. The van der Waals surface area contributed by atoms with Gasteiger partial charge in [0.05, 0.1) is 6.42 Å². The molecule has 0 aliphatic carbocycles. The van der Waals surface area contributed by atoms with Gasteiger partial charge in [-0.05, 0) is 38.9 Å². The lowest BCUT2D eigenvalue weighted by Crippen LogP contribution is -2.35. The maximum atomic E-state index is 12.2. The first-order valence-corrected chi connectivity index (χ1v) is 7.13. The molecule has 0 saturated carbocycles. The van der Waals surface area contributed by atoms with Crippen molar-refractivity contribution < 1.29 is 13.2 Å². The van der Waals surface area contributed by atoms with Gasteiger partial charge in [0, 0.05) is 25.2 Å². The molecule has 5 heteroatoms. The van der Waals surface area contributed by atoms with Crippen molar-refractivity contribution in [2.75, 3.05) is 13.6 Å². The maximum Gasteiger partial charge on any atom is 0.390 e. The van der Waals surface area contributed by atoms with Crippen LogP contribution in [-0.4, -0.2) is 30.2 Å². The molecule has 21 heavy (non-hydrogen) atoms. The van der Waals surface area contributed by atoms with Crippen LogP contribution in [-0.2, 0) is 13.1 Å². The summed E-state index contributed by atoms with van der Waals surface area (Å²) in [5.41, 5.74) is 2.27. The Labute approximate surface area is 125 Å². The molecule has 0 atom stereocenters. The SMILES string of the molecule is CN(CCC(F)(F)F)Cc1ccc(CNC(C)(C)C)cc1. The van der Waals surface area contributed by atoms with E-state index in [1.54, 1.807) is 11.9 Å². The first-order chi connectivity index (χ1) is 9.55. The third-order valence-corrected chi connectivity index (χ3v) is 3.08. The summed E-state index contributed by atoms with van der Waals surface area (Å²) in [6.07, 6.45) is -4.85. The van der Waals surface area contributed by atoms with Crippen molar-refractivity contribution in [1.82, 2.24) is 10.2 Å². The summed E-state index contributed by atoms with van der Waals surface area (Å²) in [6.45, 7) is 7.67. The number of halogens is 3. The van der Waals surface area contributed by atoms with E-state index in [0.717, 1.165) is 12.1 Å². The zero-order chi connectivity index (χ0) is 16.1. The van der Waals surface area contributed by atoms with Crippen molar-refractivity contribution >= 4 is 0 Å². The molecule has 1 N–H and O–H groups in total. The van der Waals surface area contributed by atoms with Gasteiger partial charge in [0.15, 0.2) is 0 Å². The fourth-order valence-electron chi connectivity index (χ4n) is 1.84. The zero-order valence-electron chi connectivity index (χ0n) is 13.2. The molecule has 0 saturated heterocycles. The number of benzene rings is 1. The Morgan fingerprint density at radius 2 is 1.52 bits per heavy atom. The minimum absolute atomic E-state index is 0.0246. The molecule has 0 fully saturated rings. The van der Waals surface area contributed by atoms with E-state index in [2.05, 4.69) is 26.1 Å². The van der Waals surface area contributed by atoms with Crippen LogP contribution in [0.2, 0.25) is 0 Å². The molecule has 0 unspecified atom stereocenters. The van der Waals surface area contributed by atoms with Crippen LogP contribution in [0.25, 0.3) is 0 Å². The highest BCUT2D eigenvalue weighted by atomic mass is 19.4. The van der Waals surface area contributed by atoms with Crippen molar-refractivity contribution in [2.45, 2.75) is 52.0 Å². The third kappa shape index (κ3) is 8.73. The van der Waals surface area contributed by atoms with E-state index in [1.807, 2.05) is 24.3 Å². The molecule has 120 valence electrons. The number of hydrogen-bond donors (Lipinski definition) is 1. The van der Waals surface area contributed by atoms with E-state index in [9.17, 15) is 13.2 Å². The second kappa shape index (κ2) is 7.27. The number of rotatable bonds is 6. The van der Waals surface area contributed by atoms with E-state index in [1.165, 1.54) is 5.56 Å². The predicted molar refractivity (Wildman–Crippen MR) is 80.0 cm³/mol. The molecule has 1 rings (SSSR count). The van der Waals surface area contributed by atoms with E-state index < -0.39 is 12.6 Å². The Morgan fingerprint density at radius 1 is 1.00 bits per heavy atom. The summed E-state index contributed by atoms with van der Waals surface area (Å²) in [6, 6.07) is 7.99. The normalized spacial score (nSPS) is 13.0. The number of nitrogens with one attached hydrogen (secondary N) is 1. The summed E-state index contributed by atoms with van der Waals surface area (Å²) in [5, 5.41) is 3.40. The van der Waals surface area contributed by atoms with Crippen LogP contribution in [0.4, 0.5) is 13.2 Å². The number of alkyl halides is 3. The molecule has 1 aromatic carbocycles. The third-order valence-electron chi connectivity index (χ3n) is 3.08. The Balaban J connectivity index is 2.43. The van der Waals surface area contributed by atoms with Gasteiger partial charge < -0.3 is 10.2 Å². The molecule has 0 amide bonds. The van der Waals surface area contributed by atoms with Crippen LogP contribution < -0.4 is 5.32 Å². The standard InChI is InChI=1S/C16H25F3N2/c1-15(2,3)20-11-13-5-7-14(8-6-13)12-21(4)10-9-16(17,18)19/h5-8,20H,9-12H2,1-4H3. The molecule has 0 aliphatic heterocycles. The number of nitrogens with zero attached hydrogens (tertiary/aromatic N) is 1. The highest BCUT2D eigenvalue weighted by Crippen LogP contribution is 2.20. The van der Waals surface area contributed by atoms with Crippen LogP contribution in [0.3, 0.4) is 0 Å². The summed E-state index contributed by atoms with van der Waals surface area (Å²) in [5.74, 6) is 0. The number of hydrogen-bond acceptors (Lipinski definition) is 2. The van der Waals surface area contributed by atoms with Crippen molar-refractivity contribution in [2.24, 2.45) is 0 Å². The minimum atomic E-state index is -4.09. The molecule has 0 aliphatic rings. The Hall–Kier alpha value is -1.07. The maximum absolute atomic E-state index is 12.2. The van der Waals surface area contributed by atoms with Crippen LogP contribution >= 0.6 is 0 Å². The minimum Gasteiger partial charge on any atom is -0.308 e. The first-order valence-electron chi connectivity index (χ1n) is 7.13. The van der Waals surface area contributed by atoms with Gasteiger partial charge in [-0.15, -0.1) is 0 Å². The molecule has 0 bridgehead atoms. The van der Waals surface area contributed by atoms with Crippen molar-refractivity contribution in [1.29, 1.82) is 0 Å². The van der Waals surface area contributed by atoms with Gasteiger partial charge in [0.25, 0.3) is 0 Å². The van der Waals surface area contributed by atoms with Crippen LogP contribution in [0, 0.1) is 0 Å². The van der Waals surface area contributed by atoms with Crippen molar-refractivity contribution in [3.8, 4) is 0 Å². The molecular formula is C16H25F3N2.